The van der Waals surface area contributed by atoms with Gasteiger partial charge < -0.3 is 5.11 Å². The third-order valence-corrected chi connectivity index (χ3v) is 2.57. The molecule has 0 saturated heterocycles. The first-order valence-electron chi connectivity index (χ1n) is 5.87. The van der Waals surface area contributed by atoms with Crippen molar-refractivity contribution in [1.82, 2.24) is 0 Å². The van der Waals surface area contributed by atoms with Crippen LogP contribution in [0, 0.1) is 5.92 Å². The van der Waals surface area contributed by atoms with Crippen LogP contribution >= 0.6 is 0 Å². The fourth-order valence-electron chi connectivity index (χ4n) is 1.80. The SMILES string of the molecule is CC(C)Cc1ccc(C(CC(=O)O)N=[N+]=[N-])cc1. The Balaban J connectivity index is 2.86. The molecule has 0 fully saturated rings. The van der Waals surface area contributed by atoms with Crippen molar-refractivity contribution in [3.63, 3.8) is 0 Å². The van der Waals surface area contributed by atoms with Crippen molar-refractivity contribution in [3.8, 4) is 0 Å². The molecular formula is C13H17N3O2. The van der Waals surface area contributed by atoms with Crippen LogP contribution in [0.15, 0.2) is 29.4 Å². The van der Waals surface area contributed by atoms with Gasteiger partial charge in [0, 0.05) is 4.91 Å². The average molecular weight is 247 g/mol. The molecule has 0 spiro atoms. The van der Waals surface area contributed by atoms with Gasteiger partial charge in [0.05, 0.1) is 12.5 Å². The zero-order valence-electron chi connectivity index (χ0n) is 10.6. The monoisotopic (exact) mass is 247 g/mol. The summed E-state index contributed by atoms with van der Waals surface area (Å²) in [5.74, 6) is -0.401. The molecule has 1 atom stereocenters. The van der Waals surface area contributed by atoms with Gasteiger partial charge in [-0.3, -0.25) is 4.79 Å². The molecule has 1 N–H and O–H groups in total. The van der Waals surface area contributed by atoms with Gasteiger partial charge in [0.15, 0.2) is 0 Å². The molecule has 5 nitrogen and oxygen atoms in total. The van der Waals surface area contributed by atoms with Crippen LogP contribution in [0.2, 0.25) is 0 Å². The van der Waals surface area contributed by atoms with E-state index in [1.54, 1.807) is 0 Å². The highest BCUT2D eigenvalue weighted by molar-refractivity contribution is 5.68. The van der Waals surface area contributed by atoms with Gasteiger partial charge in [-0.15, -0.1) is 0 Å². The normalized spacial score (nSPS) is 11.9. The van der Waals surface area contributed by atoms with Gasteiger partial charge >= 0.3 is 5.97 Å². The third-order valence-electron chi connectivity index (χ3n) is 2.57. The Labute approximate surface area is 106 Å². The molecule has 0 aromatic heterocycles. The van der Waals surface area contributed by atoms with E-state index in [2.05, 4.69) is 23.9 Å². The summed E-state index contributed by atoms with van der Waals surface area (Å²) in [5.41, 5.74) is 10.4. The molecule has 96 valence electrons. The number of rotatable bonds is 6. The van der Waals surface area contributed by atoms with E-state index in [1.165, 1.54) is 5.56 Å². The van der Waals surface area contributed by atoms with Crippen molar-refractivity contribution in [3.05, 3.63) is 45.8 Å². The standard InChI is InChI=1S/C13H17N3O2/c1-9(2)7-10-3-5-11(6-4-10)12(15-16-14)8-13(17)18/h3-6,9,12H,7-8H2,1-2H3,(H,17,18). The van der Waals surface area contributed by atoms with E-state index in [-0.39, 0.29) is 6.42 Å². The molecule has 0 heterocycles. The Bertz CT molecular complexity index is 448. The van der Waals surface area contributed by atoms with Crippen LogP contribution in [0.1, 0.15) is 37.4 Å². The third kappa shape index (κ3) is 4.47. The van der Waals surface area contributed by atoms with Crippen molar-refractivity contribution in [2.24, 2.45) is 11.0 Å². The number of aliphatic carboxylic acids is 1. The highest BCUT2D eigenvalue weighted by atomic mass is 16.4. The van der Waals surface area contributed by atoms with E-state index in [0.29, 0.717) is 5.92 Å². The zero-order valence-corrected chi connectivity index (χ0v) is 10.6. The summed E-state index contributed by atoms with van der Waals surface area (Å²) in [6.07, 6.45) is 0.791. The lowest BCUT2D eigenvalue weighted by molar-refractivity contribution is -0.137. The summed E-state index contributed by atoms with van der Waals surface area (Å²) in [4.78, 5) is 13.4. The summed E-state index contributed by atoms with van der Waals surface area (Å²) in [6.45, 7) is 4.28. The molecule has 1 rings (SSSR count). The largest absolute Gasteiger partial charge is 0.481 e. The van der Waals surface area contributed by atoms with Crippen LogP contribution in [-0.4, -0.2) is 11.1 Å². The molecule has 0 radical (unpaired) electrons. The number of hydrogen-bond donors (Lipinski definition) is 1. The summed E-state index contributed by atoms with van der Waals surface area (Å²) in [6, 6.07) is 6.94. The van der Waals surface area contributed by atoms with Crippen molar-refractivity contribution < 1.29 is 9.90 Å². The van der Waals surface area contributed by atoms with Crippen LogP contribution in [0.4, 0.5) is 0 Å². The molecule has 0 amide bonds. The van der Waals surface area contributed by atoms with E-state index in [1.807, 2.05) is 24.3 Å². The van der Waals surface area contributed by atoms with Crippen molar-refractivity contribution in [1.29, 1.82) is 0 Å². The average Bonchev–Trinajstić information content (AvgIpc) is 2.28. The summed E-state index contributed by atoms with van der Waals surface area (Å²) < 4.78 is 0. The second-order valence-corrected chi connectivity index (χ2v) is 4.66. The van der Waals surface area contributed by atoms with Crippen molar-refractivity contribution in [2.45, 2.75) is 32.7 Å². The maximum atomic E-state index is 10.7. The van der Waals surface area contributed by atoms with Crippen LogP contribution < -0.4 is 0 Å². The maximum absolute atomic E-state index is 10.7. The Morgan fingerprint density at radius 3 is 2.44 bits per heavy atom. The molecule has 5 heteroatoms. The van der Waals surface area contributed by atoms with Gasteiger partial charge in [0.25, 0.3) is 0 Å². The molecule has 18 heavy (non-hydrogen) atoms. The lowest BCUT2D eigenvalue weighted by Crippen LogP contribution is -2.04. The van der Waals surface area contributed by atoms with Gasteiger partial charge in [0.2, 0.25) is 0 Å². The number of nitrogens with zero attached hydrogens (tertiary/aromatic N) is 3. The molecule has 0 bridgehead atoms. The Morgan fingerprint density at radius 2 is 2.00 bits per heavy atom. The van der Waals surface area contributed by atoms with Crippen LogP contribution in [0.3, 0.4) is 0 Å². The minimum absolute atomic E-state index is 0.187. The van der Waals surface area contributed by atoms with Gasteiger partial charge in [-0.1, -0.05) is 43.2 Å². The second-order valence-electron chi connectivity index (χ2n) is 4.66. The predicted molar refractivity (Wildman–Crippen MR) is 69.1 cm³/mol. The van der Waals surface area contributed by atoms with Crippen LogP contribution in [0.25, 0.3) is 10.4 Å². The highest BCUT2D eigenvalue weighted by Crippen LogP contribution is 2.22. The number of azide groups is 1. The van der Waals surface area contributed by atoms with E-state index >= 15 is 0 Å². The van der Waals surface area contributed by atoms with E-state index in [0.717, 1.165) is 12.0 Å². The number of carbonyl (C=O) groups is 1. The molecular weight excluding hydrogens is 230 g/mol. The number of carboxylic acid groups (broad SMARTS) is 1. The molecule has 0 saturated carbocycles. The van der Waals surface area contributed by atoms with Gasteiger partial charge in [0.1, 0.15) is 0 Å². The number of carboxylic acids is 1. The predicted octanol–water partition coefficient (Wildman–Crippen LogP) is 3.71. The van der Waals surface area contributed by atoms with Gasteiger partial charge in [-0.25, -0.2) is 0 Å². The molecule has 1 aromatic carbocycles. The smallest absolute Gasteiger partial charge is 0.304 e. The van der Waals surface area contributed by atoms with Gasteiger partial charge in [-0.05, 0) is 29.0 Å². The lowest BCUT2D eigenvalue weighted by Gasteiger charge is -2.10. The maximum Gasteiger partial charge on any atom is 0.304 e. The quantitative estimate of drug-likeness (QED) is 0.472. The van der Waals surface area contributed by atoms with Crippen molar-refractivity contribution in [2.75, 3.05) is 0 Å². The Morgan fingerprint density at radius 1 is 1.39 bits per heavy atom. The molecule has 1 unspecified atom stereocenters. The first kappa shape index (κ1) is 14.1. The highest BCUT2D eigenvalue weighted by Gasteiger charge is 2.13. The topological polar surface area (TPSA) is 86.1 Å². The summed E-state index contributed by atoms with van der Waals surface area (Å²) in [5, 5.41) is 12.3. The second kappa shape index (κ2) is 6.67. The molecule has 0 aliphatic rings. The Hall–Kier alpha value is -2.00. The number of hydrogen-bond acceptors (Lipinski definition) is 2. The fourth-order valence-corrected chi connectivity index (χ4v) is 1.80. The van der Waals surface area contributed by atoms with Crippen LogP contribution in [0.5, 0.6) is 0 Å². The van der Waals surface area contributed by atoms with E-state index in [9.17, 15) is 4.79 Å². The molecule has 0 aliphatic heterocycles. The van der Waals surface area contributed by atoms with E-state index in [4.69, 9.17) is 10.6 Å². The van der Waals surface area contributed by atoms with Crippen LogP contribution in [-0.2, 0) is 11.2 Å². The first-order valence-corrected chi connectivity index (χ1v) is 5.87. The zero-order chi connectivity index (χ0) is 13.5. The number of benzene rings is 1. The minimum atomic E-state index is -0.973. The molecule has 0 aliphatic carbocycles. The van der Waals surface area contributed by atoms with E-state index < -0.39 is 12.0 Å². The summed E-state index contributed by atoms with van der Waals surface area (Å²) >= 11 is 0. The summed E-state index contributed by atoms with van der Waals surface area (Å²) in [7, 11) is 0. The lowest BCUT2D eigenvalue weighted by atomic mass is 9.98. The minimum Gasteiger partial charge on any atom is -0.481 e. The Kier molecular flexibility index (Phi) is 5.21. The van der Waals surface area contributed by atoms with Gasteiger partial charge in [-0.2, -0.15) is 0 Å². The fraction of sp³-hybridized carbons (Fsp3) is 0.462. The first-order chi connectivity index (χ1) is 8.52. The van der Waals surface area contributed by atoms with Crippen molar-refractivity contribution >= 4 is 5.97 Å². The molecule has 1 aromatic rings.